The molecule has 19 heavy (non-hydrogen) atoms. The first kappa shape index (κ1) is 13.3. The van der Waals surface area contributed by atoms with Crippen LogP contribution >= 0.6 is 0 Å². The van der Waals surface area contributed by atoms with Gasteiger partial charge in [0.05, 0.1) is 20.3 Å². The van der Waals surface area contributed by atoms with E-state index in [0.29, 0.717) is 29.5 Å². The molecule has 0 amide bonds. The molecule has 1 aromatic carbocycles. The summed E-state index contributed by atoms with van der Waals surface area (Å²) in [6, 6.07) is 5.38. The van der Waals surface area contributed by atoms with E-state index in [2.05, 4.69) is 15.4 Å². The lowest BCUT2D eigenvalue weighted by atomic mass is 10.2. The average Bonchev–Trinajstić information content (AvgIpc) is 2.83. The van der Waals surface area contributed by atoms with Gasteiger partial charge in [-0.15, -0.1) is 10.2 Å². The van der Waals surface area contributed by atoms with Crippen molar-refractivity contribution < 1.29 is 14.6 Å². The van der Waals surface area contributed by atoms with Crippen LogP contribution < -0.4 is 9.47 Å². The Morgan fingerprint density at radius 3 is 2.79 bits per heavy atom. The molecule has 0 atom stereocenters. The van der Waals surface area contributed by atoms with E-state index < -0.39 is 0 Å². The summed E-state index contributed by atoms with van der Waals surface area (Å²) in [5.74, 6) is 1.58. The molecule has 7 nitrogen and oxygen atoms in total. The molecule has 0 aliphatic rings. The second-order valence-electron chi connectivity index (χ2n) is 3.82. The number of aliphatic hydroxyl groups is 1. The molecule has 0 saturated carbocycles. The second kappa shape index (κ2) is 6.14. The molecular weight excluding hydrogens is 248 g/mol. The van der Waals surface area contributed by atoms with Crippen LogP contribution in [-0.2, 0) is 20.3 Å². The zero-order valence-electron chi connectivity index (χ0n) is 10.9. The third-order valence-electron chi connectivity index (χ3n) is 2.43. The Labute approximate surface area is 110 Å². The first-order valence-corrected chi connectivity index (χ1v) is 5.95. The Hall–Kier alpha value is -2.15. The maximum Gasteiger partial charge on any atom is 0.212 e. The number of benzene rings is 1. The summed E-state index contributed by atoms with van der Waals surface area (Å²) < 4.78 is 11.1. The number of rotatable bonds is 6. The lowest BCUT2D eigenvalue weighted by Crippen LogP contribution is -2.04. The number of aromatic nitrogens is 4. The van der Waals surface area contributed by atoms with Gasteiger partial charge in [-0.25, -0.2) is 0 Å². The topological polar surface area (TPSA) is 82.3 Å². The number of hydrogen-bond acceptors (Lipinski definition) is 6. The predicted octanol–water partition coefficient (Wildman–Crippen LogP) is 0.680. The summed E-state index contributed by atoms with van der Waals surface area (Å²) in [6.45, 7) is 2.46. The van der Waals surface area contributed by atoms with Crippen molar-refractivity contribution in [3.63, 3.8) is 0 Å². The van der Waals surface area contributed by atoms with Crippen LogP contribution in [0.4, 0.5) is 0 Å². The van der Waals surface area contributed by atoms with Crippen molar-refractivity contribution in [1.82, 2.24) is 20.2 Å². The predicted molar refractivity (Wildman–Crippen MR) is 66.7 cm³/mol. The standard InChI is InChI=1S/C12H16N4O3/c1-3-18-10-6-4-5-9(7-17)12(10)19-8-11-13-15-16(2)14-11/h4-6,17H,3,7-8H2,1-2H3. The molecule has 0 spiro atoms. The smallest absolute Gasteiger partial charge is 0.212 e. The van der Waals surface area contributed by atoms with Crippen molar-refractivity contribution >= 4 is 0 Å². The van der Waals surface area contributed by atoms with Crippen LogP contribution in [0.25, 0.3) is 0 Å². The zero-order chi connectivity index (χ0) is 13.7. The van der Waals surface area contributed by atoms with Crippen LogP contribution in [0.15, 0.2) is 18.2 Å². The van der Waals surface area contributed by atoms with E-state index in [-0.39, 0.29) is 13.2 Å². The SMILES string of the molecule is CCOc1cccc(CO)c1OCc1nnn(C)n1. The van der Waals surface area contributed by atoms with Gasteiger partial charge in [-0.1, -0.05) is 12.1 Å². The Kier molecular flexibility index (Phi) is 4.30. The molecule has 0 unspecified atom stereocenters. The number of hydrogen-bond donors (Lipinski definition) is 1. The van der Waals surface area contributed by atoms with Crippen LogP contribution in [0.2, 0.25) is 0 Å². The van der Waals surface area contributed by atoms with E-state index in [1.54, 1.807) is 19.2 Å². The molecule has 0 aliphatic heterocycles. The Balaban J connectivity index is 2.17. The Morgan fingerprint density at radius 1 is 1.32 bits per heavy atom. The van der Waals surface area contributed by atoms with Gasteiger partial charge < -0.3 is 14.6 Å². The highest BCUT2D eigenvalue weighted by molar-refractivity contribution is 5.46. The Morgan fingerprint density at radius 2 is 2.16 bits per heavy atom. The fraction of sp³-hybridized carbons (Fsp3) is 0.417. The molecule has 0 radical (unpaired) electrons. The van der Waals surface area contributed by atoms with E-state index in [0.717, 1.165) is 0 Å². The summed E-state index contributed by atoms with van der Waals surface area (Å²) in [6.07, 6.45) is 0. The van der Waals surface area contributed by atoms with Crippen LogP contribution in [-0.4, -0.2) is 31.9 Å². The molecule has 0 fully saturated rings. The van der Waals surface area contributed by atoms with Crippen molar-refractivity contribution in [2.45, 2.75) is 20.1 Å². The maximum atomic E-state index is 9.33. The highest BCUT2D eigenvalue weighted by Gasteiger charge is 2.12. The summed E-state index contributed by atoms with van der Waals surface area (Å²) in [5.41, 5.74) is 0.662. The van der Waals surface area contributed by atoms with E-state index in [1.807, 2.05) is 13.0 Å². The van der Waals surface area contributed by atoms with Gasteiger partial charge in [0.25, 0.3) is 0 Å². The number of tetrazole rings is 1. The first-order valence-electron chi connectivity index (χ1n) is 5.95. The van der Waals surface area contributed by atoms with Crippen molar-refractivity contribution in [2.75, 3.05) is 6.61 Å². The van der Waals surface area contributed by atoms with Crippen molar-refractivity contribution in [2.24, 2.45) is 7.05 Å². The van der Waals surface area contributed by atoms with Gasteiger partial charge in [-0.05, 0) is 18.2 Å². The van der Waals surface area contributed by atoms with Gasteiger partial charge in [-0.2, -0.15) is 4.80 Å². The van der Waals surface area contributed by atoms with Gasteiger partial charge in [0.2, 0.25) is 5.82 Å². The van der Waals surface area contributed by atoms with Gasteiger partial charge >= 0.3 is 0 Å². The average molecular weight is 264 g/mol. The largest absolute Gasteiger partial charge is 0.490 e. The van der Waals surface area contributed by atoms with Crippen molar-refractivity contribution in [3.05, 3.63) is 29.6 Å². The van der Waals surface area contributed by atoms with Crippen LogP contribution in [0.5, 0.6) is 11.5 Å². The van der Waals surface area contributed by atoms with E-state index in [9.17, 15) is 5.11 Å². The van der Waals surface area contributed by atoms with Crippen LogP contribution in [0, 0.1) is 0 Å². The monoisotopic (exact) mass is 264 g/mol. The summed E-state index contributed by atoms with van der Waals surface area (Å²) >= 11 is 0. The minimum atomic E-state index is -0.121. The van der Waals surface area contributed by atoms with Gasteiger partial charge in [0.15, 0.2) is 18.1 Å². The minimum absolute atomic E-state index is 0.121. The normalized spacial score (nSPS) is 10.5. The third-order valence-corrected chi connectivity index (χ3v) is 2.43. The number of para-hydroxylation sites is 1. The van der Waals surface area contributed by atoms with Crippen LogP contribution in [0.3, 0.4) is 0 Å². The van der Waals surface area contributed by atoms with Crippen molar-refractivity contribution in [1.29, 1.82) is 0 Å². The Bertz CT molecular complexity index is 542. The van der Waals surface area contributed by atoms with E-state index in [4.69, 9.17) is 9.47 Å². The van der Waals surface area contributed by atoms with Gasteiger partial charge in [0.1, 0.15) is 0 Å². The first-order chi connectivity index (χ1) is 9.24. The number of aliphatic hydroxyl groups excluding tert-OH is 1. The third kappa shape index (κ3) is 3.19. The lowest BCUT2D eigenvalue weighted by Gasteiger charge is -2.13. The molecule has 1 aromatic heterocycles. The number of aryl methyl sites for hydroxylation is 1. The quantitative estimate of drug-likeness (QED) is 0.826. The molecule has 2 aromatic rings. The summed E-state index contributed by atoms with van der Waals surface area (Å²) in [7, 11) is 1.68. The lowest BCUT2D eigenvalue weighted by molar-refractivity contribution is 0.239. The van der Waals surface area contributed by atoms with Gasteiger partial charge in [-0.3, -0.25) is 0 Å². The van der Waals surface area contributed by atoms with Crippen LogP contribution in [0.1, 0.15) is 18.3 Å². The molecule has 1 heterocycles. The van der Waals surface area contributed by atoms with Crippen molar-refractivity contribution in [3.8, 4) is 11.5 Å². The number of nitrogens with zero attached hydrogens (tertiary/aromatic N) is 4. The molecular formula is C12H16N4O3. The highest BCUT2D eigenvalue weighted by Crippen LogP contribution is 2.31. The van der Waals surface area contributed by atoms with E-state index >= 15 is 0 Å². The fourth-order valence-electron chi connectivity index (χ4n) is 1.64. The van der Waals surface area contributed by atoms with Gasteiger partial charge in [0, 0.05) is 5.56 Å². The molecule has 102 valence electrons. The molecule has 0 saturated heterocycles. The zero-order valence-corrected chi connectivity index (χ0v) is 10.9. The van der Waals surface area contributed by atoms with E-state index in [1.165, 1.54) is 4.80 Å². The second-order valence-corrected chi connectivity index (χ2v) is 3.82. The minimum Gasteiger partial charge on any atom is -0.490 e. The molecule has 0 aliphatic carbocycles. The molecule has 2 rings (SSSR count). The maximum absolute atomic E-state index is 9.33. The fourth-order valence-corrected chi connectivity index (χ4v) is 1.64. The number of ether oxygens (including phenoxy) is 2. The molecule has 0 bridgehead atoms. The molecule has 1 N–H and O–H groups in total. The highest BCUT2D eigenvalue weighted by atomic mass is 16.5. The summed E-state index contributed by atoms with van der Waals surface area (Å²) in [5, 5.41) is 20.9. The molecule has 7 heteroatoms. The summed E-state index contributed by atoms with van der Waals surface area (Å²) in [4.78, 5) is 1.36.